The summed E-state index contributed by atoms with van der Waals surface area (Å²) in [5.41, 5.74) is 0. The summed E-state index contributed by atoms with van der Waals surface area (Å²) in [5, 5.41) is 3.21. The van der Waals surface area contributed by atoms with Gasteiger partial charge < -0.3 is 14.8 Å². The van der Waals surface area contributed by atoms with Crippen LogP contribution in [0.1, 0.15) is 12.8 Å². The van der Waals surface area contributed by atoms with E-state index < -0.39 is 0 Å². The topological polar surface area (TPSA) is 30.5 Å². The normalized spacial score (nSPS) is 35.8. The molecule has 0 bridgehead atoms. The first-order valence-electron chi connectivity index (χ1n) is 4.76. The van der Waals surface area contributed by atoms with Crippen LogP contribution in [0.5, 0.6) is 0 Å². The fourth-order valence-electron chi connectivity index (χ4n) is 1.51. The molecule has 0 radical (unpaired) electrons. The largest absolute Gasteiger partial charge is 0.377 e. The average Bonchev–Trinajstić information content (AvgIpc) is 2.81. The molecule has 0 aromatic heterocycles. The Hall–Kier alpha value is -0.120. The summed E-state index contributed by atoms with van der Waals surface area (Å²) in [4.78, 5) is 0. The minimum Gasteiger partial charge on any atom is -0.377 e. The van der Waals surface area contributed by atoms with Gasteiger partial charge in [-0.1, -0.05) is 0 Å². The van der Waals surface area contributed by atoms with Crippen molar-refractivity contribution in [3.05, 3.63) is 0 Å². The van der Waals surface area contributed by atoms with Gasteiger partial charge in [0.25, 0.3) is 0 Å². The molecule has 3 heteroatoms. The van der Waals surface area contributed by atoms with Gasteiger partial charge in [-0.3, -0.25) is 0 Å². The van der Waals surface area contributed by atoms with E-state index >= 15 is 0 Å². The minimum absolute atomic E-state index is 0.288. The first-order valence-corrected chi connectivity index (χ1v) is 4.76. The van der Waals surface area contributed by atoms with Crippen molar-refractivity contribution in [1.82, 2.24) is 5.32 Å². The van der Waals surface area contributed by atoms with Crippen LogP contribution in [0.15, 0.2) is 0 Å². The van der Waals surface area contributed by atoms with Gasteiger partial charge in [-0.15, -0.1) is 0 Å². The molecule has 1 saturated carbocycles. The lowest BCUT2D eigenvalue weighted by atomic mass is 10.2. The van der Waals surface area contributed by atoms with Crippen LogP contribution < -0.4 is 5.32 Å². The zero-order valence-electron chi connectivity index (χ0n) is 7.58. The van der Waals surface area contributed by atoms with E-state index in [1.807, 2.05) is 7.05 Å². The number of rotatable bonds is 4. The van der Waals surface area contributed by atoms with Crippen LogP contribution in [0.4, 0.5) is 0 Å². The molecule has 12 heavy (non-hydrogen) atoms. The number of likely N-dealkylation sites (N-methyl/N-ethyl adjacent to an activating group) is 1. The monoisotopic (exact) mass is 171 g/mol. The van der Waals surface area contributed by atoms with Crippen molar-refractivity contribution >= 4 is 0 Å². The van der Waals surface area contributed by atoms with E-state index in [0.29, 0.717) is 6.04 Å². The second-order valence-corrected chi connectivity index (χ2v) is 3.75. The maximum Gasteiger partial charge on any atom is 0.0983 e. The fraction of sp³-hybridized carbons (Fsp3) is 1.00. The molecule has 1 saturated heterocycles. The van der Waals surface area contributed by atoms with Crippen molar-refractivity contribution < 1.29 is 9.47 Å². The molecule has 1 heterocycles. The van der Waals surface area contributed by atoms with E-state index in [2.05, 4.69) is 5.32 Å². The van der Waals surface area contributed by atoms with Gasteiger partial charge >= 0.3 is 0 Å². The summed E-state index contributed by atoms with van der Waals surface area (Å²) in [6.07, 6.45) is 3.01. The summed E-state index contributed by atoms with van der Waals surface area (Å²) in [5.74, 6) is 0.850. The van der Waals surface area contributed by atoms with Crippen molar-refractivity contribution in [2.45, 2.75) is 25.0 Å². The van der Waals surface area contributed by atoms with Gasteiger partial charge in [-0.25, -0.2) is 0 Å². The van der Waals surface area contributed by atoms with Crippen LogP contribution in [0, 0.1) is 5.92 Å². The van der Waals surface area contributed by atoms with Gasteiger partial charge in [0.15, 0.2) is 0 Å². The van der Waals surface area contributed by atoms with Gasteiger partial charge in [0.2, 0.25) is 0 Å². The summed E-state index contributed by atoms with van der Waals surface area (Å²) < 4.78 is 11.1. The Bertz CT molecular complexity index is 147. The smallest absolute Gasteiger partial charge is 0.0983 e. The van der Waals surface area contributed by atoms with Crippen LogP contribution in [-0.2, 0) is 9.47 Å². The average molecular weight is 171 g/mol. The van der Waals surface area contributed by atoms with E-state index in [4.69, 9.17) is 9.47 Å². The Kier molecular flexibility index (Phi) is 2.63. The molecule has 2 fully saturated rings. The van der Waals surface area contributed by atoms with Crippen molar-refractivity contribution in [3.63, 3.8) is 0 Å². The molecule has 1 aliphatic heterocycles. The molecule has 1 aliphatic carbocycles. The minimum atomic E-state index is 0.288. The molecule has 2 aliphatic rings. The number of ether oxygens (including phenoxy) is 2. The maximum absolute atomic E-state index is 5.74. The van der Waals surface area contributed by atoms with Crippen LogP contribution in [0.3, 0.4) is 0 Å². The Balaban J connectivity index is 1.69. The van der Waals surface area contributed by atoms with E-state index in [1.165, 1.54) is 12.8 Å². The molecule has 1 N–H and O–H groups in total. The Morgan fingerprint density at radius 3 is 2.92 bits per heavy atom. The van der Waals surface area contributed by atoms with Gasteiger partial charge in [0.05, 0.1) is 25.4 Å². The van der Waals surface area contributed by atoms with Crippen LogP contribution >= 0.6 is 0 Å². The van der Waals surface area contributed by atoms with E-state index in [9.17, 15) is 0 Å². The van der Waals surface area contributed by atoms with Crippen molar-refractivity contribution in [2.75, 3.05) is 26.9 Å². The fourth-order valence-corrected chi connectivity index (χ4v) is 1.51. The lowest BCUT2D eigenvalue weighted by Crippen LogP contribution is -2.38. The molecule has 70 valence electrons. The number of hydrogen-bond acceptors (Lipinski definition) is 3. The molecular formula is C9H17NO2. The third-order valence-electron chi connectivity index (χ3n) is 2.64. The molecule has 2 atom stereocenters. The summed E-state index contributed by atoms with van der Waals surface area (Å²) in [6.45, 7) is 2.50. The highest BCUT2D eigenvalue weighted by molar-refractivity contribution is 4.82. The maximum atomic E-state index is 5.74. The Morgan fingerprint density at radius 2 is 2.25 bits per heavy atom. The molecule has 0 aromatic carbocycles. The first-order chi connectivity index (χ1) is 5.90. The van der Waals surface area contributed by atoms with Crippen molar-refractivity contribution in [1.29, 1.82) is 0 Å². The third kappa shape index (κ3) is 1.97. The predicted molar refractivity (Wildman–Crippen MR) is 46.1 cm³/mol. The highest BCUT2D eigenvalue weighted by atomic mass is 16.5. The van der Waals surface area contributed by atoms with Crippen LogP contribution in [-0.4, -0.2) is 39.0 Å². The summed E-state index contributed by atoms with van der Waals surface area (Å²) in [6, 6.07) is 0.406. The van der Waals surface area contributed by atoms with Crippen molar-refractivity contribution in [2.24, 2.45) is 5.92 Å². The van der Waals surface area contributed by atoms with Crippen LogP contribution in [0.25, 0.3) is 0 Å². The van der Waals surface area contributed by atoms with Crippen molar-refractivity contribution in [3.8, 4) is 0 Å². The predicted octanol–water partition coefficient (Wildman–Crippen LogP) is 0.400. The zero-order valence-corrected chi connectivity index (χ0v) is 7.58. The SMILES string of the molecule is CN[C@H]1COC[C@@H]1OCC1CC1. The quantitative estimate of drug-likeness (QED) is 0.664. The van der Waals surface area contributed by atoms with E-state index in [-0.39, 0.29) is 6.10 Å². The Labute approximate surface area is 73.4 Å². The lowest BCUT2D eigenvalue weighted by molar-refractivity contribution is 0.0281. The molecule has 2 rings (SSSR count). The molecule has 0 amide bonds. The second kappa shape index (κ2) is 3.73. The lowest BCUT2D eigenvalue weighted by Gasteiger charge is -2.17. The summed E-state index contributed by atoms with van der Waals surface area (Å²) in [7, 11) is 1.97. The van der Waals surface area contributed by atoms with Gasteiger partial charge in [0.1, 0.15) is 0 Å². The number of hydrogen-bond donors (Lipinski definition) is 1. The van der Waals surface area contributed by atoms with Crippen LogP contribution in [0.2, 0.25) is 0 Å². The molecular weight excluding hydrogens is 154 g/mol. The van der Waals surface area contributed by atoms with Gasteiger partial charge in [0, 0.05) is 6.61 Å². The standard InChI is InChI=1S/C9H17NO2/c1-10-8-5-11-6-9(8)12-4-7-2-3-7/h7-10H,2-6H2,1H3/t8-,9-/m0/s1. The van der Waals surface area contributed by atoms with E-state index in [0.717, 1.165) is 25.7 Å². The van der Waals surface area contributed by atoms with Gasteiger partial charge in [-0.2, -0.15) is 0 Å². The second-order valence-electron chi connectivity index (χ2n) is 3.75. The zero-order chi connectivity index (χ0) is 8.39. The molecule has 3 nitrogen and oxygen atoms in total. The van der Waals surface area contributed by atoms with E-state index in [1.54, 1.807) is 0 Å². The highest BCUT2D eigenvalue weighted by Crippen LogP contribution is 2.29. The molecule has 0 aromatic rings. The molecule has 0 spiro atoms. The third-order valence-corrected chi connectivity index (χ3v) is 2.64. The Morgan fingerprint density at radius 1 is 1.42 bits per heavy atom. The highest BCUT2D eigenvalue weighted by Gasteiger charge is 2.30. The number of nitrogens with one attached hydrogen (secondary N) is 1. The molecule has 0 unspecified atom stereocenters. The summed E-state index contributed by atoms with van der Waals surface area (Å²) >= 11 is 0. The van der Waals surface area contributed by atoms with Gasteiger partial charge in [-0.05, 0) is 25.8 Å². The first kappa shape index (κ1) is 8.48.